The largest absolute Gasteiger partial charge is 0.504 e. The van der Waals surface area contributed by atoms with Crippen LogP contribution in [0.4, 0.5) is 0 Å². The van der Waals surface area contributed by atoms with Crippen molar-refractivity contribution in [3.05, 3.63) is 18.3 Å². The minimum atomic E-state index is -1.23. The lowest BCUT2D eigenvalue weighted by atomic mass is 10.0. The van der Waals surface area contributed by atoms with Gasteiger partial charge in [-0.05, 0) is 57.2 Å². The van der Waals surface area contributed by atoms with Crippen LogP contribution in [0, 0.1) is 7.14 Å². The van der Waals surface area contributed by atoms with E-state index in [1.165, 1.54) is 0 Å². The van der Waals surface area contributed by atoms with Gasteiger partial charge < -0.3 is 15.3 Å². The van der Waals surface area contributed by atoms with E-state index in [0.717, 1.165) is 0 Å². The molecule has 0 fully saturated rings. The van der Waals surface area contributed by atoms with Crippen LogP contribution in [-0.4, -0.2) is 21.3 Å². The second-order valence-corrected chi connectivity index (χ2v) is 4.99. The van der Waals surface area contributed by atoms with Crippen molar-refractivity contribution in [1.82, 2.24) is 0 Å². The molecule has 0 aliphatic carbocycles. The number of halogens is 2. The molecule has 0 aliphatic rings. The summed E-state index contributed by atoms with van der Waals surface area (Å²) in [6, 6.07) is 0. The second kappa shape index (κ2) is 4.73. The van der Waals surface area contributed by atoms with Gasteiger partial charge >= 0.3 is 5.97 Å². The van der Waals surface area contributed by atoms with E-state index in [9.17, 15) is 15.0 Å². The molecule has 3 N–H and O–H groups in total. The van der Waals surface area contributed by atoms with E-state index >= 15 is 0 Å². The number of benzene rings is 1. The molecule has 0 radical (unpaired) electrons. The van der Waals surface area contributed by atoms with Crippen LogP contribution in [0.1, 0.15) is 22.8 Å². The molecule has 0 aliphatic heterocycles. The zero-order chi connectivity index (χ0) is 11.7. The normalized spacial score (nSPS) is 10.3. The summed E-state index contributed by atoms with van der Waals surface area (Å²) < 4.78 is 1.15. The average Bonchev–Trinajstić information content (AvgIpc) is 2.19. The van der Waals surface area contributed by atoms with E-state index in [-0.39, 0.29) is 11.3 Å². The molecule has 0 heterocycles. The summed E-state index contributed by atoms with van der Waals surface area (Å²) in [4.78, 5) is 10.9. The molecule has 0 aromatic heterocycles. The van der Waals surface area contributed by atoms with Crippen LogP contribution in [0.15, 0.2) is 0 Å². The maximum absolute atomic E-state index is 10.9. The predicted octanol–water partition coefficient (Wildman–Crippen LogP) is 2.57. The van der Waals surface area contributed by atoms with Crippen LogP contribution in [0.25, 0.3) is 0 Å². The quantitative estimate of drug-likeness (QED) is 0.495. The van der Waals surface area contributed by atoms with Crippen molar-refractivity contribution >= 4 is 51.2 Å². The van der Waals surface area contributed by atoms with Gasteiger partial charge in [0.1, 0.15) is 5.56 Å². The molecule has 15 heavy (non-hydrogen) atoms. The van der Waals surface area contributed by atoms with E-state index in [2.05, 4.69) is 0 Å². The number of hydrogen-bond donors (Lipinski definition) is 3. The standard InChI is InChI=1S/C9H8I2O4/c1-2-3-4(9(14)15)7(12)8(13)6(11)5(3)10/h12-13H,2H2,1H3,(H,14,15). The van der Waals surface area contributed by atoms with Gasteiger partial charge in [-0.25, -0.2) is 4.79 Å². The topological polar surface area (TPSA) is 77.8 Å². The molecule has 1 aromatic carbocycles. The Hall–Kier alpha value is -0.250. The minimum Gasteiger partial charge on any atom is -0.504 e. The fourth-order valence-electron chi connectivity index (χ4n) is 1.27. The molecular formula is C9H8I2O4. The Morgan fingerprint density at radius 1 is 1.20 bits per heavy atom. The molecule has 0 bridgehead atoms. The summed E-state index contributed by atoms with van der Waals surface area (Å²) in [7, 11) is 0. The highest BCUT2D eigenvalue weighted by molar-refractivity contribution is 14.1. The van der Waals surface area contributed by atoms with Crippen LogP contribution in [0.2, 0.25) is 0 Å². The first kappa shape index (κ1) is 12.8. The summed E-state index contributed by atoms with van der Waals surface area (Å²) in [5, 5.41) is 28.0. The second-order valence-electron chi connectivity index (χ2n) is 2.84. The molecule has 0 spiro atoms. The van der Waals surface area contributed by atoms with E-state index in [4.69, 9.17) is 5.11 Å². The van der Waals surface area contributed by atoms with Gasteiger partial charge in [-0.2, -0.15) is 0 Å². The molecular weight excluding hydrogens is 426 g/mol. The third-order valence-corrected chi connectivity index (χ3v) is 5.27. The summed E-state index contributed by atoms with van der Waals surface area (Å²) in [6.07, 6.45) is 0.490. The number of carboxylic acid groups (broad SMARTS) is 1. The maximum atomic E-state index is 10.9. The number of phenols is 2. The van der Waals surface area contributed by atoms with Gasteiger partial charge in [0, 0.05) is 3.57 Å². The first-order valence-corrected chi connectivity index (χ1v) is 6.22. The van der Waals surface area contributed by atoms with Crippen LogP contribution in [0.5, 0.6) is 11.5 Å². The third kappa shape index (κ3) is 2.14. The van der Waals surface area contributed by atoms with Crippen molar-refractivity contribution < 1.29 is 20.1 Å². The van der Waals surface area contributed by atoms with E-state index < -0.39 is 11.7 Å². The zero-order valence-electron chi connectivity index (χ0n) is 7.71. The Morgan fingerprint density at radius 3 is 2.13 bits per heavy atom. The molecule has 0 saturated carbocycles. The Bertz CT molecular complexity index is 429. The fourth-order valence-corrected chi connectivity index (χ4v) is 2.76. The highest BCUT2D eigenvalue weighted by Crippen LogP contribution is 2.40. The van der Waals surface area contributed by atoms with Crippen molar-refractivity contribution in [2.75, 3.05) is 0 Å². The number of carbonyl (C=O) groups is 1. The molecule has 0 unspecified atom stereocenters. The van der Waals surface area contributed by atoms with Crippen molar-refractivity contribution in [3.63, 3.8) is 0 Å². The Morgan fingerprint density at radius 2 is 1.73 bits per heavy atom. The van der Waals surface area contributed by atoms with Gasteiger partial charge in [0.25, 0.3) is 0 Å². The molecule has 1 rings (SSSR count). The molecule has 0 atom stereocenters. The van der Waals surface area contributed by atoms with Gasteiger partial charge in [0.05, 0.1) is 3.57 Å². The van der Waals surface area contributed by atoms with Crippen molar-refractivity contribution in [2.24, 2.45) is 0 Å². The average molecular weight is 434 g/mol. The number of hydrogen-bond acceptors (Lipinski definition) is 3. The summed E-state index contributed by atoms with van der Waals surface area (Å²) in [5.41, 5.74) is 0.336. The van der Waals surface area contributed by atoms with Crippen LogP contribution in [0.3, 0.4) is 0 Å². The highest BCUT2D eigenvalue weighted by Gasteiger charge is 2.24. The molecule has 0 saturated heterocycles. The zero-order valence-corrected chi connectivity index (χ0v) is 12.0. The highest BCUT2D eigenvalue weighted by atomic mass is 127. The van der Waals surface area contributed by atoms with Crippen molar-refractivity contribution in [2.45, 2.75) is 13.3 Å². The summed E-state index contributed by atoms with van der Waals surface area (Å²) in [5.74, 6) is -2.15. The Kier molecular flexibility index (Phi) is 4.04. The first-order chi connectivity index (χ1) is 6.91. The monoisotopic (exact) mass is 434 g/mol. The summed E-state index contributed by atoms with van der Waals surface area (Å²) in [6.45, 7) is 1.80. The number of carboxylic acids is 1. The van der Waals surface area contributed by atoms with Crippen molar-refractivity contribution in [3.8, 4) is 11.5 Å². The van der Waals surface area contributed by atoms with Crippen molar-refractivity contribution in [1.29, 1.82) is 0 Å². The van der Waals surface area contributed by atoms with Crippen LogP contribution < -0.4 is 0 Å². The third-order valence-electron chi connectivity index (χ3n) is 2.00. The smallest absolute Gasteiger partial charge is 0.339 e. The van der Waals surface area contributed by atoms with Crippen LogP contribution in [-0.2, 0) is 6.42 Å². The lowest BCUT2D eigenvalue weighted by Gasteiger charge is -2.12. The van der Waals surface area contributed by atoms with E-state index in [1.54, 1.807) is 6.92 Å². The SMILES string of the molecule is CCc1c(I)c(I)c(O)c(O)c1C(=O)O. The van der Waals surface area contributed by atoms with Gasteiger partial charge in [0.2, 0.25) is 0 Å². The molecule has 6 heteroatoms. The number of aromatic carboxylic acids is 1. The first-order valence-electron chi connectivity index (χ1n) is 4.06. The predicted molar refractivity (Wildman–Crippen MR) is 71.5 cm³/mol. The Labute approximate surface area is 114 Å². The fraction of sp³-hybridized carbons (Fsp3) is 0.222. The lowest BCUT2D eigenvalue weighted by Crippen LogP contribution is -2.06. The van der Waals surface area contributed by atoms with Gasteiger partial charge in [-0.1, -0.05) is 6.92 Å². The number of aromatic hydroxyl groups is 2. The van der Waals surface area contributed by atoms with E-state index in [0.29, 0.717) is 19.1 Å². The number of rotatable bonds is 2. The van der Waals surface area contributed by atoms with Crippen LogP contribution >= 0.6 is 45.2 Å². The Balaban J connectivity index is 3.70. The molecule has 82 valence electrons. The van der Waals surface area contributed by atoms with E-state index in [1.807, 2.05) is 45.2 Å². The molecule has 1 aromatic rings. The summed E-state index contributed by atoms with van der Waals surface area (Å²) >= 11 is 3.84. The lowest BCUT2D eigenvalue weighted by molar-refractivity contribution is 0.0691. The molecule has 4 nitrogen and oxygen atoms in total. The maximum Gasteiger partial charge on any atom is 0.339 e. The van der Waals surface area contributed by atoms with Gasteiger partial charge in [-0.3, -0.25) is 0 Å². The number of phenolic OH excluding ortho intramolecular Hbond substituents is 1. The minimum absolute atomic E-state index is 0.209. The van der Waals surface area contributed by atoms with Gasteiger partial charge in [0.15, 0.2) is 11.5 Å². The molecule has 0 amide bonds. The van der Waals surface area contributed by atoms with Gasteiger partial charge in [-0.15, -0.1) is 0 Å².